The van der Waals surface area contributed by atoms with Crippen LogP contribution in [0, 0.1) is 11.8 Å². The number of unbranched alkanes of at least 4 members (excludes halogenated alkanes) is 2. The minimum atomic E-state index is -0.838. The van der Waals surface area contributed by atoms with E-state index in [1.165, 1.54) is 19.3 Å². The number of hydrogen-bond donors (Lipinski definition) is 3. The zero-order valence-electron chi connectivity index (χ0n) is 16.6. The highest BCUT2D eigenvalue weighted by atomic mass is 32.2. The third-order valence-corrected chi connectivity index (χ3v) is 8.36. The molecular formula is C21H36O4S2. The first kappa shape index (κ1) is 24.7. The minimum absolute atomic E-state index is 0.0556. The average Bonchev–Trinajstić information content (AvgIpc) is 2.65. The molecule has 1 heterocycles. The van der Waals surface area contributed by atoms with E-state index < -0.39 is 12.1 Å². The van der Waals surface area contributed by atoms with Crippen molar-refractivity contribution in [1.29, 1.82) is 0 Å². The molecule has 0 aromatic carbocycles. The fraction of sp³-hybridized carbons (Fsp3) is 0.857. The fourth-order valence-electron chi connectivity index (χ4n) is 3.13. The van der Waals surface area contributed by atoms with Crippen molar-refractivity contribution in [3.63, 3.8) is 0 Å². The molecule has 1 saturated heterocycles. The van der Waals surface area contributed by atoms with E-state index in [4.69, 9.17) is 5.11 Å². The molecule has 1 rings (SSSR count). The van der Waals surface area contributed by atoms with Crippen LogP contribution < -0.4 is 0 Å². The zero-order chi connectivity index (χ0) is 20.0. The highest BCUT2D eigenvalue weighted by Gasteiger charge is 2.34. The van der Waals surface area contributed by atoms with Crippen LogP contribution in [-0.4, -0.2) is 49.1 Å². The van der Waals surface area contributed by atoms with Crippen molar-refractivity contribution in [3.05, 3.63) is 0 Å². The van der Waals surface area contributed by atoms with Crippen LogP contribution in [0.1, 0.15) is 84.0 Å². The molecule has 0 aromatic heterocycles. The van der Waals surface area contributed by atoms with Crippen LogP contribution in [0.15, 0.2) is 0 Å². The fourth-order valence-corrected chi connectivity index (χ4v) is 6.51. The SMILES string of the molecule is CCCCC[C@@H](O)CCC1(CC[C@H](O)CC#CCCC(=O)O)SCCCS1. The van der Waals surface area contributed by atoms with Crippen molar-refractivity contribution in [3.8, 4) is 11.8 Å². The molecule has 0 unspecified atom stereocenters. The second kappa shape index (κ2) is 14.6. The zero-order valence-corrected chi connectivity index (χ0v) is 18.3. The first-order valence-electron chi connectivity index (χ1n) is 10.3. The van der Waals surface area contributed by atoms with Crippen molar-refractivity contribution in [1.82, 2.24) is 0 Å². The van der Waals surface area contributed by atoms with Crippen molar-refractivity contribution >= 4 is 29.5 Å². The summed E-state index contributed by atoms with van der Waals surface area (Å²) in [7, 11) is 0. The standard InChI is InChI=1S/C21H36O4S2/c1-2-3-5-9-18(22)12-14-21(26-16-8-17-27-21)15-13-19(23)10-6-4-7-11-20(24)25/h18-19,22-23H,2-3,5,7-17H2,1H3,(H,24,25)/t18-,19-/m1/s1. The monoisotopic (exact) mass is 416 g/mol. The van der Waals surface area contributed by atoms with Gasteiger partial charge in [-0.2, -0.15) is 0 Å². The van der Waals surface area contributed by atoms with Gasteiger partial charge in [0.05, 0.1) is 22.7 Å². The molecule has 0 radical (unpaired) electrons. The third-order valence-electron chi connectivity index (χ3n) is 4.80. The van der Waals surface area contributed by atoms with E-state index in [1.807, 2.05) is 23.5 Å². The molecule has 0 spiro atoms. The average molecular weight is 417 g/mol. The lowest BCUT2D eigenvalue weighted by Crippen LogP contribution is -2.28. The Labute approximate surface area is 173 Å². The van der Waals surface area contributed by atoms with Crippen molar-refractivity contribution < 1.29 is 20.1 Å². The van der Waals surface area contributed by atoms with Crippen LogP contribution in [0.25, 0.3) is 0 Å². The quantitative estimate of drug-likeness (QED) is 0.299. The van der Waals surface area contributed by atoms with E-state index in [-0.39, 0.29) is 16.6 Å². The van der Waals surface area contributed by atoms with Gasteiger partial charge in [0, 0.05) is 12.8 Å². The van der Waals surface area contributed by atoms with Gasteiger partial charge in [0.1, 0.15) is 0 Å². The summed E-state index contributed by atoms with van der Waals surface area (Å²) in [4.78, 5) is 10.5. The maximum atomic E-state index is 10.5. The molecule has 1 fully saturated rings. The van der Waals surface area contributed by atoms with Gasteiger partial charge in [-0.3, -0.25) is 4.79 Å². The number of aliphatic carboxylic acids is 1. The summed E-state index contributed by atoms with van der Waals surface area (Å²) >= 11 is 4.00. The van der Waals surface area contributed by atoms with Gasteiger partial charge in [-0.15, -0.1) is 35.4 Å². The minimum Gasteiger partial charge on any atom is -0.481 e. The Kier molecular flexibility index (Phi) is 13.4. The van der Waals surface area contributed by atoms with Crippen LogP contribution in [0.2, 0.25) is 0 Å². The lowest BCUT2D eigenvalue weighted by molar-refractivity contribution is -0.136. The van der Waals surface area contributed by atoms with Gasteiger partial charge in [-0.1, -0.05) is 26.2 Å². The lowest BCUT2D eigenvalue weighted by Gasteiger charge is -2.37. The highest BCUT2D eigenvalue weighted by molar-refractivity contribution is 8.18. The van der Waals surface area contributed by atoms with E-state index in [9.17, 15) is 15.0 Å². The van der Waals surface area contributed by atoms with Crippen LogP contribution >= 0.6 is 23.5 Å². The van der Waals surface area contributed by atoms with Gasteiger partial charge < -0.3 is 15.3 Å². The number of carbonyl (C=O) groups is 1. The maximum absolute atomic E-state index is 10.5. The summed E-state index contributed by atoms with van der Waals surface area (Å²) in [5.41, 5.74) is 0. The predicted molar refractivity (Wildman–Crippen MR) is 116 cm³/mol. The highest BCUT2D eigenvalue weighted by Crippen LogP contribution is 2.49. The smallest absolute Gasteiger partial charge is 0.304 e. The molecule has 0 aliphatic carbocycles. The van der Waals surface area contributed by atoms with Crippen LogP contribution in [-0.2, 0) is 4.79 Å². The molecule has 1 aliphatic heterocycles. The molecule has 0 bridgehead atoms. The largest absolute Gasteiger partial charge is 0.481 e. The predicted octanol–water partition coefficient (Wildman–Crippen LogP) is 4.67. The Hall–Kier alpha value is -0.350. The van der Waals surface area contributed by atoms with Gasteiger partial charge >= 0.3 is 5.97 Å². The summed E-state index contributed by atoms with van der Waals surface area (Å²) in [6, 6.07) is 0. The maximum Gasteiger partial charge on any atom is 0.304 e. The summed E-state index contributed by atoms with van der Waals surface area (Å²) in [5, 5.41) is 29.1. The van der Waals surface area contributed by atoms with Crippen molar-refractivity contribution in [2.45, 2.75) is 100 Å². The molecule has 6 heteroatoms. The van der Waals surface area contributed by atoms with Crippen LogP contribution in [0.5, 0.6) is 0 Å². The molecule has 156 valence electrons. The van der Waals surface area contributed by atoms with E-state index in [1.54, 1.807) is 0 Å². The van der Waals surface area contributed by atoms with Gasteiger partial charge in [-0.25, -0.2) is 0 Å². The number of aliphatic hydroxyl groups excluding tert-OH is 2. The molecular weight excluding hydrogens is 380 g/mol. The normalized spacial score (nSPS) is 18.3. The van der Waals surface area contributed by atoms with Crippen LogP contribution in [0.4, 0.5) is 0 Å². The van der Waals surface area contributed by atoms with Crippen LogP contribution in [0.3, 0.4) is 0 Å². The summed E-state index contributed by atoms with van der Waals surface area (Å²) in [6.45, 7) is 2.18. The number of carboxylic acid groups (broad SMARTS) is 1. The number of hydrogen-bond acceptors (Lipinski definition) is 5. The van der Waals surface area contributed by atoms with Gasteiger partial charge in [0.2, 0.25) is 0 Å². The molecule has 2 atom stereocenters. The second-order valence-electron chi connectivity index (χ2n) is 7.29. The number of aliphatic hydroxyl groups is 2. The van der Waals surface area contributed by atoms with E-state index in [2.05, 4.69) is 18.8 Å². The summed E-state index contributed by atoms with van der Waals surface area (Å²) < 4.78 is 0.113. The van der Waals surface area contributed by atoms with Crippen molar-refractivity contribution in [2.75, 3.05) is 11.5 Å². The topological polar surface area (TPSA) is 77.8 Å². The molecule has 0 amide bonds. The number of rotatable bonds is 13. The van der Waals surface area contributed by atoms with Gasteiger partial charge in [0.25, 0.3) is 0 Å². The number of carboxylic acids is 1. The molecule has 27 heavy (non-hydrogen) atoms. The Bertz CT molecular complexity index is 467. The summed E-state index contributed by atoms with van der Waals surface area (Å²) in [6.07, 6.45) is 9.20. The van der Waals surface area contributed by atoms with E-state index in [0.29, 0.717) is 19.3 Å². The second-order valence-corrected chi connectivity index (χ2v) is 10.5. The Morgan fingerprint density at radius 2 is 1.70 bits per heavy atom. The third kappa shape index (κ3) is 11.9. The first-order chi connectivity index (χ1) is 13.0. The number of thioether (sulfide) groups is 2. The molecule has 0 saturated carbocycles. The van der Waals surface area contributed by atoms with Gasteiger partial charge in [0.15, 0.2) is 0 Å². The molecule has 4 nitrogen and oxygen atoms in total. The van der Waals surface area contributed by atoms with Gasteiger partial charge in [-0.05, 0) is 50.0 Å². The van der Waals surface area contributed by atoms with Crippen molar-refractivity contribution in [2.24, 2.45) is 0 Å². The molecule has 0 aromatic rings. The Balaban J connectivity index is 2.38. The lowest BCUT2D eigenvalue weighted by atomic mass is 10.0. The van der Waals surface area contributed by atoms with E-state index in [0.717, 1.165) is 43.6 Å². The molecule has 3 N–H and O–H groups in total. The Morgan fingerprint density at radius 3 is 2.33 bits per heavy atom. The molecule has 1 aliphatic rings. The Morgan fingerprint density at radius 1 is 1.04 bits per heavy atom. The summed E-state index contributed by atoms with van der Waals surface area (Å²) in [5.74, 6) is 7.20. The first-order valence-corrected chi connectivity index (χ1v) is 12.3. The van der Waals surface area contributed by atoms with E-state index >= 15 is 0 Å².